The summed E-state index contributed by atoms with van der Waals surface area (Å²) in [6.07, 6.45) is 0. The molecule has 0 bridgehead atoms. The lowest BCUT2D eigenvalue weighted by Crippen LogP contribution is -1.92. The fourth-order valence-corrected chi connectivity index (χ4v) is 2.20. The van der Waals surface area contributed by atoms with Crippen LogP contribution < -0.4 is 0 Å². The van der Waals surface area contributed by atoms with Crippen molar-refractivity contribution in [3.63, 3.8) is 0 Å². The van der Waals surface area contributed by atoms with Gasteiger partial charge in [-0.1, -0.05) is 23.7 Å². The highest BCUT2D eigenvalue weighted by molar-refractivity contribution is 6.30. The molecule has 0 saturated carbocycles. The van der Waals surface area contributed by atoms with Crippen molar-refractivity contribution in [3.05, 3.63) is 58.0 Å². The molecule has 0 amide bonds. The van der Waals surface area contributed by atoms with Gasteiger partial charge in [-0.05, 0) is 37.6 Å². The first-order valence-electron chi connectivity index (χ1n) is 5.04. The van der Waals surface area contributed by atoms with E-state index in [1.807, 2.05) is 44.2 Å². The minimum Gasteiger partial charge on any atom is -0.466 e. The fourth-order valence-electron chi connectivity index (χ4n) is 1.71. The maximum absolute atomic E-state index is 6.40. The van der Waals surface area contributed by atoms with E-state index in [0.29, 0.717) is 5.02 Å². The Kier molecular flexibility index (Phi) is 3.27. The first-order valence-corrected chi connectivity index (χ1v) is 5.86. The van der Waals surface area contributed by atoms with Gasteiger partial charge in [0, 0.05) is 10.6 Å². The highest BCUT2D eigenvalue weighted by atomic mass is 35.5. The number of rotatable bonds is 2. The van der Waals surface area contributed by atoms with Gasteiger partial charge in [-0.25, -0.2) is 0 Å². The molecule has 3 heteroatoms. The maximum Gasteiger partial charge on any atom is 0.106 e. The van der Waals surface area contributed by atoms with Crippen LogP contribution in [0.25, 0.3) is 0 Å². The van der Waals surface area contributed by atoms with Crippen LogP contribution in [0.3, 0.4) is 0 Å². The van der Waals surface area contributed by atoms with Crippen molar-refractivity contribution in [2.24, 2.45) is 0 Å². The lowest BCUT2D eigenvalue weighted by Gasteiger charge is -2.08. The molecule has 0 spiro atoms. The highest BCUT2D eigenvalue weighted by Gasteiger charge is 2.16. The summed E-state index contributed by atoms with van der Waals surface area (Å²) >= 11 is 12.2. The average Bonchev–Trinajstić information content (AvgIpc) is 2.58. The van der Waals surface area contributed by atoms with Crippen LogP contribution in [-0.4, -0.2) is 0 Å². The SMILES string of the molecule is Cc1cc(C(Cl)c2ccc(Cl)cc2)c(C)o1. The highest BCUT2D eigenvalue weighted by Crippen LogP contribution is 2.33. The molecule has 0 aliphatic rings. The van der Waals surface area contributed by atoms with E-state index in [0.717, 1.165) is 22.6 Å². The number of benzene rings is 1. The third-order valence-electron chi connectivity index (χ3n) is 2.52. The van der Waals surface area contributed by atoms with Gasteiger partial charge in [-0.15, -0.1) is 11.6 Å². The fraction of sp³-hybridized carbons (Fsp3) is 0.231. The molecular formula is C13H12Cl2O. The zero-order valence-corrected chi connectivity index (χ0v) is 10.6. The van der Waals surface area contributed by atoms with Crippen LogP contribution >= 0.6 is 23.2 Å². The third kappa shape index (κ3) is 2.26. The summed E-state index contributed by atoms with van der Waals surface area (Å²) in [5.74, 6) is 1.75. The molecule has 1 aromatic heterocycles. The van der Waals surface area contributed by atoms with Crippen molar-refractivity contribution in [1.29, 1.82) is 0 Å². The summed E-state index contributed by atoms with van der Waals surface area (Å²) in [5, 5.41) is 0.530. The lowest BCUT2D eigenvalue weighted by atomic mass is 10.1. The average molecular weight is 255 g/mol. The first kappa shape index (κ1) is 11.6. The third-order valence-corrected chi connectivity index (χ3v) is 3.25. The second-order valence-corrected chi connectivity index (χ2v) is 4.66. The molecule has 1 heterocycles. The van der Waals surface area contributed by atoms with E-state index in [1.165, 1.54) is 0 Å². The Morgan fingerprint density at radius 2 is 1.75 bits per heavy atom. The summed E-state index contributed by atoms with van der Waals surface area (Å²) in [5.41, 5.74) is 2.04. The van der Waals surface area contributed by atoms with Gasteiger partial charge >= 0.3 is 0 Å². The van der Waals surface area contributed by atoms with Crippen LogP contribution in [0, 0.1) is 13.8 Å². The van der Waals surface area contributed by atoms with Crippen LogP contribution in [0.1, 0.15) is 28.0 Å². The number of halogens is 2. The molecule has 84 valence electrons. The minimum absolute atomic E-state index is 0.185. The van der Waals surface area contributed by atoms with E-state index in [-0.39, 0.29) is 5.38 Å². The van der Waals surface area contributed by atoms with E-state index in [2.05, 4.69) is 0 Å². The van der Waals surface area contributed by atoms with Crippen LogP contribution in [0.4, 0.5) is 0 Å². The molecule has 16 heavy (non-hydrogen) atoms. The Morgan fingerprint density at radius 1 is 1.12 bits per heavy atom. The van der Waals surface area contributed by atoms with Gasteiger partial charge in [-0.3, -0.25) is 0 Å². The van der Waals surface area contributed by atoms with E-state index < -0.39 is 0 Å². The molecule has 0 fully saturated rings. The lowest BCUT2D eigenvalue weighted by molar-refractivity contribution is 0.501. The number of alkyl halides is 1. The van der Waals surface area contributed by atoms with Crippen LogP contribution in [-0.2, 0) is 0 Å². The molecule has 0 aliphatic heterocycles. The van der Waals surface area contributed by atoms with Gasteiger partial charge in [0.05, 0.1) is 5.38 Å². The van der Waals surface area contributed by atoms with E-state index in [9.17, 15) is 0 Å². The van der Waals surface area contributed by atoms with E-state index in [1.54, 1.807) is 0 Å². The summed E-state index contributed by atoms with van der Waals surface area (Å²) in [7, 11) is 0. The molecule has 0 saturated heterocycles. The van der Waals surface area contributed by atoms with Crippen molar-refractivity contribution >= 4 is 23.2 Å². The van der Waals surface area contributed by atoms with Crippen LogP contribution in [0.2, 0.25) is 5.02 Å². The zero-order chi connectivity index (χ0) is 11.7. The van der Waals surface area contributed by atoms with Gasteiger partial charge in [0.25, 0.3) is 0 Å². The van der Waals surface area contributed by atoms with E-state index in [4.69, 9.17) is 27.6 Å². The molecule has 1 unspecified atom stereocenters. The number of hydrogen-bond donors (Lipinski definition) is 0. The van der Waals surface area contributed by atoms with Gasteiger partial charge in [0.2, 0.25) is 0 Å². The summed E-state index contributed by atoms with van der Waals surface area (Å²) in [6.45, 7) is 3.84. The molecule has 0 aliphatic carbocycles. The summed E-state index contributed by atoms with van der Waals surface area (Å²) in [6, 6.07) is 9.52. The van der Waals surface area contributed by atoms with Gasteiger partial charge < -0.3 is 4.42 Å². The van der Waals surface area contributed by atoms with E-state index >= 15 is 0 Å². The predicted octanol–water partition coefficient (Wildman–Crippen LogP) is 4.88. The number of furan rings is 1. The van der Waals surface area contributed by atoms with Crippen molar-refractivity contribution in [2.75, 3.05) is 0 Å². The Morgan fingerprint density at radius 3 is 2.25 bits per heavy atom. The van der Waals surface area contributed by atoms with Crippen LogP contribution in [0.15, 0.2) is 34.7 Å². The first-order chi connectivity index (χ1) is 7.58. The van der Waals surface area contributed by atoms with Crippen LogP contribution in [0.5, 0.6) is 0 Å². The van der Waals surface area contributed by atoms with Crippen molar-refractivity contribution < 1.29 is 4.42 Å². The molecular weight excluding hydrogens is 243 g/mol. The molecule has 0 N–H and O–H groups in total. The molecule has 1 aromatic carbocycles. The Balaban J connectivity index is 2.35. The van der Waals surface area contributed by atoms with Crippen molar-refractivity contribution in [1.82, 2.24) is 0 Å². The minimum atomic E-state index is -0.185. The molecule has 2 rings (SSSR count). The normalized spacial score (nSPS) is 12.8. The molecule has 2 aromatic rings. The maximum atomic E-state index is 6.40. The second-order valence-electron chi connectivity index (χ2n) is 3.78. The summed E-state index contributed by atoms with van der Waals surface area (Å²) < 4.78 is 5.47. The van der Waals surface area contributed by atoms with Gasteiger partial charge in [0.15, 0.2) is 0 Å². The Hall–Kier alpha value is -0.920. The smallest absolute Gasteiger partial charge is 0.106 e. The number of hydrogen-bond acceptors (Lipinski definition) is 1. The second kappa shape index (κ2) is 4.52. The molecule has 0 radical (unpaired) electrons. The quantitative estimate of drug-likeness (QED) is 0.697. The molecule has 1 atom stereocenters. The molecule has 1 nitrogen and oxygen atoms in total. The predicted molar refractivity (Wildman–Crippen MR) is 67.3 cm³/mol. The zero-order valence-electron chi connectivity index (χ0n) is 9.13. The van der Waals surface area contributed by atoms with Gasteiger partial charge in [0.1, 0.15) is 11.5 Å². The Labute approximate surface area is 105 Å². The summed E-state index contributed by atoms with van der Waals surface area (Å²) in [4.78, 5) is 0. The van der Waals surface area contributed by atoms with Crippen molar-refractivity contribution in [3.8, 4) is 0 Å². The van der Waals surface area contributed by atoms with Crippen molar-refractivity contribution in [2.45, 2.75) is 19.2 Å². The van der Waals surface area contributed by atoms with Gasteiger partial charge in [-0.2, -0.15) is 0 Å². The Bertz CT molecular complexity index is 485. The topological polar surface area (TPSA) is 13.1 Å². The standard InChI is InChI=1S/C13H12Cl2O/c1-8-7-12(9(2)16-8)13(15)10-3-5-11(14)6-4-10/h3-7,13H,1-2H3. The number of aryl methyl sites for hydroxylation is 2. The monoisotopic (exact) mass is 254 g/mol. The largest absolute Gasteiger partial charge is 0.466 e.